The van der Waals surface area contributed by atoms with Gasteiger partial charge in [0.25, 0.3) is 5.91 Å². The minimum absolute atomic E-state index is 0.153. The molecule has 1 amide bonds. The molecule has 2 aliphatic heterocycles. The second-order valence-corrected chi connectivity index (χ2v) is 8.73. The van der Waals surface area contributed by atoms with Crippen molar-refractivity contribution in [3.8, 4) is 0 Å². The van der Waals surface area contributed by atoms with Crippen LogP contribution in [0.1, 0.15) is 36.0 Å². The van der Waals surface area contributed by atoms with Crippen LogP contribution in [0.3, 0.4) is 0 Å². The van der Waals surface area contributed by atoms with E-state index in [1.807, 2.05) is 0 Å². The zero-order valence-electron chi connectivity index (χ0n) is 13.9. The average Bonchev–Trinajstić information content (AvgIpc) is 3.33. The van der Waals surface area contributed by atoms with Crippen LogP contribution in [0.25, 0.3) is 0 Å². The van der Waals surface area contributed by atoms with Gasteiger partial charge in [0.05, 0.1) is 18.1 Å². The molecular weight excluding hydrogens is 344 g/mol. The highest BCUT2D eigenvalue weighted by Gasteiger charge is 2.42. The number of carbonyl (C=O) groups is 1. The molecule has 0 atom stereocenters. The first-order valence-corrected chi connectivity index (χ1v) is 10.1. The van der Waals surface area contributed by atoms with Crippen LogP contribution in [0.15, 0.2) is 29.2 Å². The zero-order valence-corrected chi connectivity index (χ0v) is 14.8. The van der Waals surface area contributed by atoms with Crippen molar-refractivity contribution >= 4 is 15.9 Å². The van der Waals surface area contributed by atoms with E-state index in [1.54, 1.807) is 12.1 Å². The topological polar surface area (TPSA) is 84.9 Å². The summed E-state index contributed by atoms with van der Waals surface area (Å²) in [6.07, 6.45) is 3.02. The van der Waals surface area contributed by atoms with Crippen molar-refractivity contribution in [1.82, 2.24) is 9.62 Å². The van der Waals surface area contributed by atoms with Crippen molar-refractivity contribution in [2.75, 3.05) is 26.3 Å². The van der Waals surface area contributed by atoms with E-state index in [1.165, 1.54) is 16.4 Å². The molecule has 3 aliphatic rings. The number of rotatable bonds is 4. The maximum absolute atomic E-state index is 12.9. The van der Waals surface area contributed by atoms with Crippen molar-refractivity contribution < 1.29 is 22.7 Å². The van der Waals surface area contributed by atoms with E-state index in [2.05, 4.69) is 5.32 Å². The van der Waals surface area contributed by atoms with Crippen LogP contribution in [0.5, 0.6) is 0 Å². The fraction of sp³-hybridized carbons (Fsp3) is 0.588. The molecule has 2 heterocycles. The lowest BCUT2D eigenvalue weighted by Crippen LogP contribution is -2.47. The van der Waals surface area contributed by atoms with Crippen LogP contribution >= 0.6 is 0 Å². The number of sulfonamides is 1. The van der Waals surface area contributed by atoms with Gasteiger partial charge in [-0.15, -0.1) is 0 Å². The number of nitrogens with one attached hydrogen (secondary N) is 1. The number of hydrogen-bond donors (Lipinski definition) is 1. The highest BCUT2D eigenvalue weighted by atomic mass is 32.2. The van der Waals surface area contributed by atoms with E-state index < -0.39 is 15.8 Å². The summed E-state index contributed by atoms with van der Waals surface area (Å²) in [5.74, 6) is -0.831. The Hall–Kier alpha value is -1.48. The van der Waals surface area contributed by atoms with Gasteiger partial charge in [-0.05, 0) is 31.0 Å². The Bertz CT molecular complexity index is 759. The molecule has 0 aromatic heterocycles. The number of amides is 1. The van der Waals surface area contributed by atoms with Gasteiger partial charge in [0.1, 0.15) is 0 Å². The van der Waals surface area contributed by atoms with Crippen LogP contribution < -0.4 is 5.32 Å². The summed E-state index contributed by atoms with van der Waals surface area (Å²) in [6.45, 7) is 1.82. The quantitative estimate of drug-likeness (QED) is 0.863. The van der Waals surface area contributed by atoms with Crippen LogP contribution in [0.2, 0.25) is 0 Å². The monoisotopic (exact) mass is 366 g/mol. The van der Waals surface area contributed by atoms with Gasteiger partial charge in [-0.2, -0.15) is 4.31 Å². The fourth-order valence-electron chi connectivity index (χ4n) is 3.30. The lowest BCUT2D eigenvalue weighted by Gasteiger charge is -2.36. The molecule has 2 saturated heterocycles. The van der Waals surface area contributed by atoms with E-state index in [4.69, 9.17) is 9.47 Å². The summed E-state index contributed by atoms with van der Waals surface area (Å²) in [6, 6.07) is 6.49. The Balaban J connectivity index is 1.49. The summed E-state index contributed by atoms with van der Waals surface area (Å²) in [5, 5.41) is 2.88. The average molecular weight is 366 g/mol. The van der Waals surface area contributed by atoms with Gasteiger partial charge < -0.3 is 14.8 Å². The standard InChI is InChI=1S/C17H22N2O5S/c20-16(18-14-4-5-14)13-2-1-3-15(12-13)25(21,22)19-8-6-17(7-9-19)23-10-11-24-17/h1-3,12,14H,4-11H2,(H,18,20). The molecule has 25 heavy (non-hydrogen) atoms. The maximum atomic E-state index is 12.9. The van der Waals surface area contributed by atoms with Gasteiger partial charge in [0.2, 0.25) is 10.0 Å². The summed E-state index contributed by atoms with van der Waals surface area (Å²) >= 11 is 0. The first-order valence-electron chi connectivity index (χ1n) is 8.68. The molecule has 0 bridgehead atoms. The molecule has 0 unspecified atom stereocenters. The highest BCUT2D eigenvalue weighted by molar-refractivity contribution is 7.89. The smallest absolute Gasteiger partial charge is 0.251 e. The first-order chi connectivity index (χ1) is 12.0. The lowest BCUT2D eigenvalue weighted by molar-refractivity contribution is -0.179. The van der Waals surface area contributed by atoms with Crippen molar-refractivity contribution in [3.63, 3.8) is 0 Å². The molecule has 1 saturated carbocycles. The third-order valence-corrected chi connectivity index (χ3v) is 6.84. The van der Waals surface area contributed by atoms with Gasteiger partial charge >= 0.3 is 0 Å². The second kappa shape index (κ2) is 6.35. The second-order valence-electron chi connectivity index (χ2n) is 6.79. The number of hydrogen-bond acceptors (Lipinski definition) is 5. The fourth-order valence-corrected chi connectivity index (χ4v) is 4.78. The van der Waals surface area contributed by atoms with E-state index in [0.717, 1.165) is 12.8 Å². The molecule has 1 spiro atoms. The lowest BCUT2D eigenvalue weighted by atomic mass is 10.1. The van der Waals surface area contributed by atoms with Gasteiger partial charge in [-0.1, -0.05) is 6.07 Å². The minimum atomic E-state index is -3.63. The molecule has 7 nitrogen and oxygen atoms in total. The molecule has 1 aliphatic carbocycles. The highest BCUT2D eigenvalue weighted by Crippen LogP contribution is 2.33. The molecule has 4 rings (SSSR count). The summed E-state index contributed by atoms with van der Waals surface area (Å²) < 4.78 is 38.6. The van der Waals surface area contributed by atoms with E-state index in [-0.39, 0.29) is 16.8 Å². The van der Waals surface area contributed by atoms with Crippen molar-refractivity contribution in [3.05, 3.63) is 29.8 Å². The molecule has 3 fully saturated rings. The van der Waals surface area contributed by atoms with Crippen LogP contribution in [0.4, 0.5) is 0 Å². The number of carbonyl (C=O) groups excluding carboxylic acids is 1. The first kappa shape index (κ1) is 17.0. The van der Waals surface area contributed by atoms with E-state index in [0.29, 0.717) is 44.7 Å². The van der Waals surface area contributed by atoms with Crippen molar-refractivity contribution in [2.45, 2.75) is 42.4 Å². The number of benzene rings is 1. The number of ether oxygens (including phenoxy) is 2. The Morgan fingerprint density at radius 3 is 2.48 bits per heavy atom. The van der Waals surface area contributed by atoms with Crippen LogP contribution in [-0.4, -0.2) is 56.8 Å². The van der Waals surface area contributed by atoms with Gasteiger partial charge in [-0.3, -0.25) is 4.79 Å². The summed E-state index contributed by atoms with van der Waals surface area (Å²) in [5.41, 5.74) is 0.379. The zero-order chi connectivity index (χ0) is 17.5. The maximum Gasteiger partial charge on any atom is 0.251 e. The number of nitrogens with zero attached hydrogens (tertiary/aromatic N) is 1. The third-order valence-electron chi connectivity index (χ3n) is 4.94. The van der Waals surface area contributed by atoms with Gasteiger partial charge in [-0.25, -0.2) is 8.42 Å². The molecular formula is C17H22N2O5S. The minimum Gasteiger partial charge on any atom is -0.349 e. The van der Waals surface area contributed by atoms with E-state index in [9.17, 15) is 13.2 Å². The predicted molar refractivity (Wildman–Crippen MR) is 89.6 cm³/mol. The molecule has 136 valence electrons. The molecule has 1 N–H and O–H groups in total. The molecule has 1 aromatic rings. The Morgan fingerprint density at radius 2 is 1.84 bits per heavy atom. The normalized spacial score (nSPS) is 23.7. The SMILES string of the molecule is O=C(NC1CC1)c1cccc(S(=O)(=O)N2CCC3(CC2)OCCO3)c1. The Kier molecular flexibility index (Phi) is 4.31. The Labute approximate surface area is 147 Å². The van der Waals surface area contributed by atoms with Crippen molar-refractivity contribution in [1.29, 1.82) is 0 Å². The van der Waals surface area contributed by atoms with Crippen LogP contribution in [0, 0.1) is 0 Å². The van der Waals surface area contributed by atoms with Gasteiger partial charge in [0.15, 0.2) is 5.79 Å². The Morgan fingerprint density at radius 1 is 1.16 bits per heavy atom. The van der Waals surface area contributed by atoms with Gasteiger partial charge in [0, 0.05) is 37.5 Å². The van der Waals surface area contributed by atoms with Crippen molar-refractivity contribution in [2.24, 2.45) is 0 Å². The third kappa shape index (κ3) is 3.44. The molecule has 0 radical (unpaired) electrons. The largest absolute Gasteiger partial charge is 0.349 e. The summed E-state index contributed by atoms with van der Waals surface area (Å²) in [7, 11) is -3.63. The predicted octanol–water partition coefficient (Wildman–Crippen LogP) is 1.11. The summed E-state index contributed by atoms with van der Waals surface area (Å²) in [4.78, 5) is 12.3. The number of piperidine rings is 1. The molecule has 1 aromatic carbocycles. The van der Waals surface area contributed by atoms with E-state index >= 15 is 0 Å². The van der Waals surface area contributed by atoms with Crippen LogP contribution in [-0.2, 0) is 19.5 Å². The molecule has 8 heteroatoms.